The summed E-state index contributed by atoms with van der Waals surface area (Å²) in [5.41, 5.74) is 0.723. The van der Waals surface area contributed by atoms with Crippen LogP contribution in [0.5, 0.6) is 5.75 Å². The van der Waals surface area contributed by atoms with Crippen LogP contribution in [-0.2, 0) is 0 Å². The SMILES string of the molecule is COc1cccc2onc(Br)c12. The molecule has 0 aliphatic heterocycles. The van der Waals surface area contributed by atoms with Gasteiger partial charge < -0.3 is 9.26 Å². The van der Waals surface area contributed by atoms with Gasteiger partial charge in [-0.1, -0.05) is 11.2 Å². The van der Waals surface area contributed by atoms with Gasteiger partial charge in [-0.25, -0.2) is 0 Å². The van der Waals surface area contributed by atoms with Crippen LogP contribution in [0.2, 0.25) is 0 Å². The Morgan fingerprint density at radius 2 is 2.33 bits per heavy atom. The topological polar surface area (TPSA) is 35.3 Å². The smallest absolute Gasteiger partial charge is 0.171 e. The van der Waals surface area contributed by atoms with E-state index in [2.05, 4.69) is 21.1 Å². The van der Waals surface area contributed by atoms with Crippen molar-refractivity contribution >= 4 is 26.9 Å². The molecule has 0 atom stereocenters. The molecule has 2 aromatic rings. The number of hydrogen-bond acceptors (Lipinski definition) is 3. The first-order valence-electron chi connectivity index (χ1n) is 3.41. The Hall–Kier alpha value is -1.03. The number of methoxy groups -OCH3 is 1. The molecular weight excluding hydrogens is 222 g/mol. The number of aromatic nitrogens is 1. The zero-order chi connectivity index (χ0) is 8.55. The molecule has 4 heteroatoms. The Kier molecular flexibility index (Phi) is 1.77. The maximum absolute atomic E-state index is 5.14. The van der Waals surface area contributed by atoms with Crippen LogP contribution in [0, 0.1) is 0 Å². The molecule has 0 saturated carbocycles. The largest absolute Gasteiger partial charge is 0.496 e. The van der Waals surface area contributed by atoms with Crippen molar-refractivity contribution in [3.63, 3.8) is 0 Å². The summed E-state index contributed by atoms with van der Waals surface area (Å²) in [6, 6.07) is 5.57. The Labute approximate surface area is 77.4 Å². The number of fused-ring (bicyclic) bond motifs is 1. The fraction of sp³-hybridized carbons (Fsp3) is 0.125. The second-order valence-corrected chi connectivity index (χ2v) is 3.06. The minimum absolute atomic E-state index is 0.676. The van der Waals surface area contributed by atoms with Crippen LogP contribution in [0.25, 0.3) is 11.0 Å². The van der Waals surface area contributed by atoms with Crippen molar-refractivity contribution in [1.82, 2.24) is 5.16 Å². The maximum Gasteiger partial charge on any atom is 0.171 e. The van der Waals surface area contributed by atoms with Gasteiger partial charge in [0.1, 0.15) is 5.75 Å². The van der Waals surface area contributed by atoms with Gasteiger partial charge in [0.2, 0.25) is 0 Å². The number of halogens is 1. The molecule has 0 spiro atoms. The third-order valence-corrected chi connectivity index (χ3v) is 2.18. The minimum atomic E-state index is 0.676. The zero-order valence-electron chi connectivity index (χ0n) is 6.37. The van der Waals surface area contributed by atoms with E-state index in [9.17, 15) is 0 Å². The summed E-state index contributed by atoms with van der Waals surface area (Å²) in [6.45, 7) is 0. The van der Waals surface area contributed by atoms with E-state index in [4.69, 9.17) is 9.26 Å². The van der Waals surface area contributed by atoms with E-state index in [1.165, 1.54) is 0 Å². The molecule has 0 bridgehead atoms. The molecule has 1 aromatic heterocycles. The Bertz CT molecular complexity index is 410. The minimum Gasteiger partial charge on any atom is -0.496 e. The van der Waals surface area contributed by atoms with Gasteiger partial charge in [0.05, 0.1) is 12.5 Å². The summed E-state index contributed by atoms with van der Waals surface area (Å²) < 4.78 is 10.8. The van der Waals surface area contributed by atoms with Gasteiger partial charge in [-0.05, 0) is 28.1 Å². The van der Waals surface area contributed by atoms with Crippen LogP contribution >= 0.6 is 15.9 Å². The lowest BCUT2D eigenvalue weighted by atomic mass is 10.2. The highest BCUT2D eigenvalue weighted by Gasteiger charge is 2.09. The first-order chi connectivity index (χ1) is 5.83. The Morgan fingerprint density at radius 1 is 1.50 bits per heavy atom. The molecule has 1 aromatic carbocycles. The molecular formula is C8H6BrNO2. The number of benzene rings is 1. The van der Waals surface area contributed by atoms with Crippen molar-refractivity contribution in [2.24, 2.45) is 0 Å². The quantitative estimate of drug-likeness (QED) is 0.752. The van der Waals surface area contributed by atoms with Crippen molar-refractivity contribution in [2.45, 2.75) is 0 Å². The van der Waals surface area contributed by atoms with E-state index < -0.39 is 0 Å². The molecule has 62 valence electrons. The van der Waals surface area contributed by atoms with Crippen molar-refractivity contribution in [3.05, 3.63) is 22.8 Å². The summed E-state index contributed by atoms with van der Waals surface area (Å²) >= 11 is 3.27. The van der Waals surface area contributed by atoms with E-state index in [-0.39, 0.29) is 0 Å². The van der Waals surface area contributed by atoms with E-state index in [0.29, 0.717) is 4.60 Å². The van der Waals surface area contributed by atoms with Crippen molar-refractivity contribution in [1.29, 1.82) is 0 Å². The van der Waals surface area contributed by atoms with Crippen LogP contribution < -0.4 is 4.74 Å². The first-order valence-corrected chi connectivity index (χ1v) is 4.20. The Morgan fingerprint density at radius 3 is 3.08 bits per heavy atom. The molecule has 3 nitrogen and oxygen atoms in total. The normalized spacial score (nSPS) is 10.5. The second kappa shape index (κ2) is 2.79. The van der Waals surface area contributed by atoms with Crippen LogP contribution in [0.15, 0.2) is 27.3 Å². The second-order valence-electron chi connectivity index (χ2n) is 2.31. The van der Waals surface area contributed by atoms with Gasteiger partial charge in [0, 0.05) is 0 Å². The first kappa shape index (κ1) is 7.61. The predicted octanol–water partition coefficient (Wildman–Crippen LogP) is 2.60. The predicted molar refractivity (Wildman–Crippen MR) is 48.3 cm³/mol. The maximum atomic E-state index is 5.14. The molecule has 0 radical (unpaired) electrons. The molecule has 0 aliphatic rings. The lowest BCUT2D eigenvalue weighted by Gasteiger charge is -1.98. The van der Waals surface area contributed by atoms with E-state index in [1.807, 2.05) is 18.2 Å². The summed E-state index contributed by atoms with van der Waals surface area (Å²) in [6.07, 6.45) is 0. The van der Waals surface area contributed by atoms with Gasteiger partial charge in [-0.15, -0.1) is 0 Å². The van der Waals surface area contributed by atoms with Crippen molar-refractivity contribution in [3.8, 4) is 5.75 Å². The van der Waals surface area contributed by atoms with Gasteiger partial charge in [0.15, 0.2) is 10.2 Å². The van der Waals surface area contributed by atoms with Crippen LogP contribution in [0.3, 0.4) is 0 Å². The highest BCUT2D eigenvalue weighted by molar-refractivity contribution is 9.10. The molecule has 0 aliphatic carbocycles. The van der Waals surface area contributed by atoms with Gasteiger partial charge in [-0.2, -0.15) is 0 Å². The monoisotopic (exact) mass is 227 g/mol. The van der Waals surface area contributed by atoms with Crippen LogP contribution in [-0.4, -0.2) is 12.3 Å². The molecule has 1 heterocycles. The fourth-order valence-electron chi connectivity index (χ4n) is 1.10. The van der Waals surface area contributed by atoms with Gasteiger partial charge in [-0.3, -0.25) is 0 Å². The lowest BCUT2D eigenvalue weighted by molar-refractivity contribution is 0.419. The van der Waals surface area contributed by atoms with E-state index in [1.54, 1.807) is 7.11 Å². The van der Waals surface area contributed by atoms with E-state index in [0.717, 1.165) is 16.7 Å². The summed E-state index contributed by atoms with van der Waals surface area (Å²) in [7, 11) is 1.62. The molecule has 0 N–H and O–H groups in total. The summed E-state index contributed by atoms with van der Waals surface area (Å²) in [5.74, 6) is 0.764. The fourth-order valence-corrected chi connectivity index (χ4v) is 1.56. The van der Waals surface area contributed by atoms with Gasteiger partial charge >= 0.3 is 0 Å². The average Bonchev–Trinajstić information content (AvgIpc) is 2.48. The average molecular weight is 228 g/mol. The number of rotatable bonds is 1. The highest BCUT2D eigenvalue weighted by Crippen LogP contribution is 2.31. The molecule has 0 unspecified atom stereocenters. The lowest BCUT2D eigenvalue weighted by Crippen LogP contribution is -1.82. The van der Waals surface area contributed by atoms with Crippen LogP contribution in [0.4, 0.5) is 0 Å². The molecule has 2 rings (SSSR count). The highest BCUT2D eigenvalue weighted by atomic mass is 79.9. The summed E-state index contributed by atoms with van der Waals surface area (Å²) in [5, 5.41) is 4.64. The third kappa shape index (κ3) is 0.992. The zero-order valence-corrected chi connectivity index (χ0v) is 7.96. The van der Waals surface area contributed by atoms with Gasteiger partial charge in [0.25, 0.3) is 0 Å². The van der Waals surface area contributed by atoms with E-state index >= 15 is 0 Å². The molecule has 0 fully saturated rings. The van der Waals surface area contributed by atoms with Crippen LogP contribution in [0.1, 0.15) is 0 Å². The Balaban J connectivity index is 2.84. The molecule has 0 saturated heterocycles. The number of hydrogen-bond donors (Lipinski definition) is 0. The van der Waals surface area contributed by atoms with Crippen molar-refractivity contribution in [2.75, 3.05) is 7.11 Å². The number of nitrogens with zero attached hydrogens (tertiary/aromatic N) is 1. The third-order valence-electron chi connectivity index (χ3n) is 1.64. The summed E-state index contributed by atoms with van der Waals surface area (Å²) in [4.78, 5) is 0. The number of ether oxygens (including phenoxy) is 1. The molecule has 0 amide bonds. The standard InChI is InChI=1S/C8H6BrNO2/c1-11-5-3-2-4-6-7(5)8(9)10-12-6/h2-4H,1H3. The van der Waals surface area contributed by atoms with Crippen molar-refractivity contribution < 1.29 is 9.26 Å². The molecule has 12 heavy (non-hydrogen) atoms.